The van der Waals surface area contributed by atoms with Crippen molar-refractivity contribution in [1.82, 2.24) is 4.98 Å². The molecular weight excluding hydrogens is 250 g/mol. The Morgan fingerprint density at radius 3 is 2.15 bits per heavy atom. The first kappa shape index (κ1) is 14.5. The number of aromatic nitrogens is 1. The van der Waals surface area contributed by atoms with Gasteiger partial charge in [-0.1, -0.05) is 26.0 Å². The van der Waals surface area contributed by atoms with Crippen molar-refractivity contribution in [2.75, 3.05) is 0 Å². The molecule has 2 rings (SSSR count). The van der Waals surface area contributed by atoms with Crippen LogP contribution in [0, 0.1) is 0 Å². The molecular formula is C17H21NO2. The third-order valence-electron chi connectivity index (χ3n) is 4.00. The van der Waals surface area contributed by atoms with Gasteiger partial charge < -0.3 is 10.2 Å². The molecule has 3 heteroatoms. The van der Waals surface area contributed by atoms with Crippen molar-refractivity contribution in [3.63, 3.8) is 0 Å². The average molecular weight is 271 g/mol. The van der Waals surface area contributed by atoms with Crippen LogP contribution in [-0.2, 0) is 5.60 Å². The molecule has 0 radical (unpaired) electrons. The number of nitrogens with zero attached hydrogens (tertiary/aromatic N) is 1. The first-order chi connectivity index (χ1) is 9.61. The second-order valence-electron chi connectivity index (χ2n) is 5.07. The molecule has 20 heavy (non-hydrogen) atoms. The second kappa shape index (κ2) is 6.06. The molecule has 0 unspecified atom stereocenters. The van der Waals surface area contributed by atoms with Crippen LogP contribution in [0.2, 0.25) is 0 Å². The van der Waals surface area contributed by atoms with Gasteiger partial charge in [-0.05, 0) is 48.2 Å². The van der Waals surface area contributed by atoms with Crippen LogP contribution in [0.15, 0.2) is 48.8 Å². The van der Waals surface area contributed by atoms with Crippen molar-refractivity contribution in [3.05, 3.63) is 59.9 Å². The molecule has 3 nitrogen and oxygen atoms in total. The fraction of sp³-hybridized carbons (Fsp3) is 0.353. The Morgan fingerprint density at radius 2 is 1.65 bits per heavy atom. The molecule has 0 aliphatic carbocycles. The van der Waals surface area contributed by atoms with E-state index in [0.29, 0.717) is 6.42 Å². The molecule has 0 amide bonds. The average Bonchev–Trinajstić information content (AvgIpc) is 2.49. The summed E-state index contributed by atoms with van der Waals surface area (Å²) in [6, 6.07) is 10.7. The minimum atomic E-state index is -0.941. The number of aliphatic hydroxyl groups is 1. The maximum Gasteiger partial charge on any atom is 0.115 e. The quantitative estimate of drug-likeness (QED) is 0.874. The summed E-state index contributed by atoms with van der Waals surface area (Å²) < 4.78 is 0. The Bertz CT molecular complexity index is 539. The lowest BCUT2D eigenvalue weighted by Gasteiger charge is -2.36. The maximum absolute atomic E-state index is 11.2. The van der Waals surface area contributed by atoms with Crippen LogP contribution in [-0.4, -0.2) is 15.2 Å². The van der Waals surface area contributed by atoms with Crippen molar-refractivity contribution >= 4 is 0 Å². The number of aromatic hydroxyl groups is 1. The molecule has 0 aliphatic heterocycles. The van der Waals surface area contributed by atoms with E-state index in [1.165, 1.54) is 0 Å². The molecule has 0 fully saturated rings. The van der Waals surface area contributed by atoms with E-state index >= 15 is 0 Å². The Balaban J connectivity index is 2.45. The number of phenolic OH excluding ortho intramolecular Hbond substituents is 1. The van der Waals surface area contributed by atoms with Crippen molar-refractivity contribution in [2.45, 2.75) is 38.2 Å². The first-order valence-electron chi connectivity index (χ1n) is 7.03. The second-order valence-corrected chi connectivity index (χ2v) is 5.07. The summed E-state index contributed by atoms with van der Waals surface area (Å²) in [6.07, 6.45) is 4.95. The van der Waals surface area contributed by atoms with E-state index in [1.54, 1.807) is 36.7 Å². The lowest BCUT2D eigenvalue weighted by molar-refractivity contribution is 0.00143. The molecule has 0 bridgehead atoms. The zero-order valence-corrected chi connectivity index (χ0v) is 12.0. The van der Waals surface area contributed by atoms with Gasteiger partial charge in [-0.15, -0.1) is 0 Å². The number of pyridine rings is 1. The van der Waals surface area contributed by atoms with E-state index in [1.807, 2.05) is 19.1 Å². The predicted octanol–water partition coefficient (Wildman–Crippen LogP) is 3.58. The lowest BCUT2D eigenvalue weighted by Crippen LogP contribution is -2.32. The van der Waals surface area contributed by atoms with Crippen LogP contribution >= 0.6 is 0 Å². The molecule has 106 valence electrons. The summed E-state index contributed by atoms with van der Waals surface area (Å²) in [5.41, 5.74) is 0.977. The van der Waals surface area contributed by atoms with Crippen LogP contribution in [0.3, 0.4) is 0 Å². The van der Waals surface area contributed by atoms with Gasteiger partial charge in [0.2, 0.25) is 0 Å². The van der Waals surface area contributed by atoms with Crippen molar-refractivity contribution < 1.29 is 10.2 Å². The van der Waals surface area contributed by atoms with Crippen LogP contribution in [0.4, 0.5) is 0 Å². The van der Waals surface area contributed by atoms with E-state index in [0.717, 1.165) is 17.5 Å². The van der Waals surface area contributed by atoms with E-state index < -0.39 is 5.60 Å². The molecule has 0 saturated carbocycles. The summed E-state index contributed by atoms with van der Waals surface area (Å²) in [5, 5.41) is 20.6. The molecule has 2 atom stereocenters. The van der Waals surface area contributed by atoms with Crippen LogP contribution in [0.1, 0.15) is 43.7 Å². The smallest absolute Gasteiger partial charge is 0.115 e. The Kier molecular flexibility index (Phi) is 4.40. The standard InChI is InChI=1S/C17H21NO2/c1-3-16(13-9-11-18-12-10-13)17(20,4-2)14-5-7-15(19)8-6-14/h5-12,16,19-20H,3-4H2,1-2H3/t16-,17-/m1/s1. The van der Waals surface area contributed by atoms with Gasteiger partial charge in [0.25, 0.3) is 0 Å². The Labute approximate surface area is 119 Å². The summed E-state index contributed by atoms with van der Waals surface area (Å²) in [6.45, 7) is 4.06. The lowest BCUT2D eigenvalue weighted by atomic mass is 9.74. The van der Waals surface area contributed by atoms with Gasteiger partial charge in [0.05, 0.1) is 5.60 Å². The van der Waals surface area contributed by atoms with Gasteiger partial charge in [0.15, 0.2) is 0 Å². The van der Waals surface area contributed by atoms with Crippen molar-refractivity contribution in [3.8, 4) is 5.75 Å². The fourth-order valence-corrected chi connectivity index (χ4v) is 2.85. The number of benzene rings is 1. The third kappa shape index (κ3) is 2.68. The zero-order chi connectivity index (χ0) is 14.6. The molecule has 1 aromatic heterocycles. The van der Waals surface area contributed by atoms with Crippen molar-refractivity contribution in [1.29, 1.82) is 0 Å². The third-order valence-corrected chi connectivity index (χ3v) is 4.00. The van der Waals surface area contributed by atoms with Gasteiger partial charge in [-0.2, -0.15) is 0 Å². The zero-order valence-electron chi connectivity index (χ0n) is 12.0. The highest BCUT2D eigenvalue weighted by atomic mass is 16.3. The molecule has 0 saturated heterocycles. The van der Waals surface area contributed by atoms with E-state index in [-0.39, 0.29) is 11.7 Å². The minimum Gasteiger partial charge on any atom is -0.508 e. The van der Waals surface area contributed by atoms with Gasteiger partial charge >= 0.3 is 0 Å². The highest BCUT2D eigenvalue weighted by Gasteiger charge is 2.36. The van der Waals surface area contributed by atoms with Gasteiger partial charge in [-0.25, -0.2) is 0 Å². The Hall–Kier alpha value is -1.87. The normalized spacial score (nSPS) is 15.6. The van der Waals surface area contributed by atoms with E-state index in [2.05, 4.69) is 11.9 Å². The first-order valence-corrected chi connectivity index (χ1v) is 7.03. The number of hydrogen-bond donors (Lipinski definition) is 2. The SMILES string of the molecule is CC[C@H](c1ccncc1)[C@@](O)(CC)c1ccc(O)cc1. The summed E-state index contributed by atoms with van der Waals surface area (Å²) in [7, 11) is 0. The molecule has 0 spiro atoms. The molecule has 2 aromatic rings. The predicted molar refractivity (Wildman–Crippen MR) is 79.6 cm³/mol. The number of hydrogen-bond acceptors (Lipinski definition) is 3. The number of rotatable bonds is 5. The molecule has 1 heterocycles. The van der Waals surface area contributed by atoms with Crippen LogP contribution in [0.25, 0.3) is 0 Å². The fourth-order valence-electron chi connectivity index (χ4n) is 2.85. The highest BCUT2D eigenvalue weighted by molar-refractivity contribution is 5.34. The maximum atomic E-state index is 11.2. The molecule has 2 N–H and O–H groups in total. The Morgan fingerprint density at radius 1 is 1.05 bits per heavy atom. The molecule has 1 aromatic carbocycles. The topological polar surface area (TPSA) is 53.4 Å². The van der Waals surface area contributed by atoms with Gasteiger partial charge in [0.1, 0.15) is 5.75 Å². The van der Waals surface area contributed by atoms with E-state index in [4.69, 9.17) is 0 Å². The monoisotopic (exact) mass is 271 g/mol. The van der Waals surface area contributed by atoms with E-state index in [9.17, 15) is 10.2 Å². The summed E-state index contributed by atoms with van der Waals surface area (Å²) >= 11 is 0. The van der Waals surface area contributed by atoms with Crippen molar-refractivity contribution in [2.24, 2.45) is 0 Å². The van der Waals surface area contributed by atoms with Gasteiger partial charge in [-0.3, -0.25) is 4.98 Å². The minimum absolute atomic E-state index is 0.0000397. The van der Waals surface area contributed by atoms with Crippen LogP contribution in [0.5, 0.6) is 5.75 Å². The molecule has 0 aliphatic rings. The summed E-state index contributed by atoms with van der Waals surface area (Å²) in [5.74, 6) is 0.212. The van der Waals surface area contributed by atoms with Gasteiger partial charge in [0, 0.05) is 18.3 Å². The summed E-state index contributed by atoms with van der Waals surface area (Å²) in [4.78, 5) is 4.04. The largest absolute Gasteiger partial charge is 0.508 e. The highest BCUT2D eigenvalue weighted by Crippen LogP contribution is 2.41. The number of phenols is 1. The van der Waals surface area contributed by atoms with Crippen LogP contribution < -0.4 is 0 Å².